The quantitative estimate of drug-likeness (QED) is 0.421. The van der Waals surface area contributed by atoms with Gasteiger partial charge in [0.25, 0.3) is 0 Å². The summed E-state index contributed by atoms with van der Waals surface area (Å²) in [7, 11) is 0. The number of carbonyl (C=O) groups excluding carboxylic acids is 1. The average molecular weight is 146 g/mol. The Morgan fingerprint density at radius 1 is 1.44 bits per heavy atom. The summed E-state index contributed by atoms with van der Waals surface area (Å²) in [5, 5.41) is 0. The van der Waals surface area contributed by atoms with Gasteiger partial charge < -0.3 is 4.79 Å². The number of thioether (sulfide) groups is 1. The smallest absolute Gasteiger partial charge is 0.120 e. The van der Waals surface area contributed by atoms with E-state index in [-0.39, 0.29) is 0 Å². The lowest BCUT2D eigenvalue weighted by molar-refractivity contribution is -0.107. The van der Waals surface area contributed by atoms with E-state index in [1.54, 1.807) is 0 Å². The molecule has 0 aliphatic rings. The number of carbonyl (C=O) groups is 1. The third kappa shape index (κ3) is 8.02. The van der Waals surface area contributed by atoms with Crippen molar-refractivity contribution >= 4 is 18.0 Å². The summed E-state index contributed by atoms with van der Waals surface area (Å²) in [4.78, 5) is 9.82. The molecule has 0 amide bonds. The zero-order chi connectivity index (χ0) is 6.95. The molecule has 0 spiro atoms. The van der Waals surface area contributed by atoms with Crippen LogP contribution in [0.4, 0.5) is 0 Å². The standard InChI is InChI=1S/C7H14OS/c1-2-3-6-9-7-4-5-8/h5H,2-4,6-7H2,1H3. The number of unbranched alkanes of at least 4 members (excludes halogenated alkanes) is 1. The minimum Gasteiger partial charge on any atom is -0.303 e. The van der Waals surface area contributed by atoms with Gasteiger partial charge in [-0.05, 0) is 17.9 Å². The topological polar surface area (TPSA) is 17.1 Å². The van der Waals surface area contributed by atoms with E-state index in [4.69, 9.17) is 0 Å². The summed E-state index contributed by atoms with van der Waals surface area (Å²) in [6, 6.07) is 0. The molecule has 54 valence electrons. The molecule has 1 nitrogen and oxygen atoms in total. The van der Waals surface area contributed by atoms with Crippen molar-refractivity contribution < 1.29 is 4.79 Å². The predicted molar refractivity (Wildman–Crippen MR) is 42.9 cm³/mol. The lowest BCUT2D eigenvalue weighted by Gasteiger charge is -1.93. The van der Waals surface area contributed by atoms with Crippen LogP contribution in [0.5, 0.6) is 0 Å². The molecule has 0 aromatic carbocycles. The maximum atomic E-state index is 9.82. The van der Waals surface area contributed by atoms with Crippen LogP contribution in [0.25, 0.3) is 0 Å². The molecule has 0 rings (SSSR count). The zero-order valence-corrected chi connectivity index (χ0v) is 6.75. The van der Waals surface area contributed by atoms with E-state index in [1.165, 1.54) is 18.6 Å². The summed E-state index contributed by atoms with van der Waals surface area (Å²) < 4.78 is 0. The van der Waals surface area contributed by atoms with Gasteiger partial charge in [-0.25, -0.2) is 0 Å². The van der Waals surface area contributed by atoms with Crippen molar-refractivity contribution in [3.8, 4) is 0 Å². The monoisotopic (exact) mass is 146 g/mol. The highest BCUT2D eigenvalue weighted by molar-refractivity contribution is 7.99. The van der Waals surface area contributed by atoms with Gasteiger partial charge in [-0.3, -0.25) is 0 Å². The molecular formula is C7H14OS. The van der Waals surface area contributed by atoms with Gasteiger partial charge in [0, 0.05) is 6.42 Å². The molecule has 0 saturated heterocycles. The first-order valence-electron chi connectivity index (χ1n) is 3.43. The van der Waals surface area contributed by atoms with Gasteiger partial charge in [0.15, 0.2) is 0 Å². The van der Waals surface area contributed by atoms with Crippen molar-refractivity contribution in [3.05, 3.63) is 0 Å². The SMILES string of the molecule is CCCCSCCC=O. The number of hydrogen-bond acceptors (Lipinski definition) is 2. The van der Waals surface area contributed by atoms with E-state index in [1.807, 2.05) is 11.8 Å². The van der Waals surface area contributed by atoms with E-state index >= 15 is 0 Å². The van der Waals surface area contributed by atoms with Crippen molar-refractivity contribution in [2.75, 3.05) is 11.5 Å². The Labute approximate surface area is 61.2 Å². The molecule has 0 aromatic heterocycles. The molecule has 9 heavy (non-hydrogen) atoms. The first kappa shape index (κ1) is 9.02. The molecule has 0 atom stereocenters. The van der Waals surface area contributed by atoms with Crippen LogP contribution in [0.15, 0.2) is 0 Å². The average Bonchev–Trinajstić information content (AvgIpc) is 1.89. The normalized spacial score (nSPS) is 9.44. The first-order chi connectivity index (χ1) is 4.41. The van der Waals surface area contributed by atoms with Crippen LogP contribution in [0.3, 0.4) is 0 Å². The molecule has 0 fully saturated rings. The van der Waals surface area contributed by atoms with Crippen LogP contribution in [0, 0.1) is 0 Å². The van der Waals surface area contributed by atoms with Crippen molar-refractivity contribution in [2.24, 2.45) is 0 Å². The van der Waals surface area contributed by atoms with Crippen LogP contribution >= 0.6 is 11.8 Å². The fourth-order valence-corrected chi connectivity index (χ4v) is 1.44. The van der Waals surface area contributed by atoms with E-state index in [2.05, 4.69) is 6.92 Å². The molecule has 2 heteroatoms. The molecule has 0 aliphatic carbocycles. The molecule has 0 bridgehead atoms. The lowest BCUT2D eigenvalue weighted by Crippen LogP contribution is -1.83. The fourth-order valence-electron chi connectivity index (χ4n) is 0.480. The Balaban J connectivity index is 2.66. The molecule has 0 unspecified atom stereocenters. The Kier molecular flexibility index (Phi) is 8.04. The molecular weight excluding hydrogens is 132 g/mol. The maximum Gasteiger partial charge on any atom is 0.120 e. The Hall–Kier alpha value is 0.0200. The molecule has 0 aromatic rings. The van der Waals surface area contributed by atoms with Gasteiger partial charge >= 0.3 is 0 Å². The minimum absolute atomic E-state index is 0.717. The molecule has 0 heterocycles. The molecule has 0 aliphatic heterocycles. The Morgan fingerprint density at radius 3 is 2.78 bits per heavy atom. The van der Waals surface area contributed by atoms with Crippen molar-refractivity contribution in [2.45, 2.75) is 26.2 Å². The maximum absolute atomic E-state index is 9.82. The summed E-state index contributed by atoms with van der Waals surface area (Å²) in [5.41, 5.74) is 0. The van der Waals surface area contributed by atoms with Crippen LogP contribution in [0.1, 0.15) is 26.2 Å². The highest BCUT2D eigenvalue weighted by atomic mass is 32.2. The molecule has 0 N–H and O–H groups in total. The van der Waals surface area contributed by atoms with Gasteiger partial charge in [0.1, 0.15) is 6.29 Å². The van der Waals surface area contributed by atoms with E-state index in [0.29, 0.717) is 6.42 Å². The lowest BCUT2D eigenvalue weighted by atomic mass is 10.4. The number of hydrogen-bond donors (Lipinski definition) is 0. The summed E-state index contributed by atoms with van der Waals surface area (Å²) >= 11 is 1.87. The second kappa shape index (κ2) is 8.02. The van der Waals surface area contributed by atoms with E-state index in [0.717, 1.165) is 12.0 Å². The van der Waals surface area contributed by atoms with Gasteiger partial charge in [-0.2, -0.15) is 11.8 Å². The van der Waals surface area contributed by atoms with Crippen LogP contribution in [-0.4, -0.2) is 17.8 Å². The second-order valence-electron chi connectivity index (χ2n) is 1.92. The van der Waals surface area contributed by atoms with E-state index in [9.17, 15) is 4.79 Å². The van der Waals surface area contributed by atoms with Crippen LogP contribution in [0.2, 0.25) is 0 Å². The number of aldehydes is 1. The summed E-state index contributed by atoms with van der Waals surface area (Å²) in [6.07, 6.45) is 4.24. The van der Waals surface area contributed by atoms with Crippen LogP contribution in [-0.2, 0) is 4.79 Å². The third-order valence-electron chi connectivity index (χ3n) is 1.02. The van der Waals surface area contributed by atoms with Gasteiger partial charge in [0.05, 0.1) is 0 Å². The van der Waals surface area contributed by atoms with Gasteiger partial charge in [0.2, 0.25) is 0 Å². The van der Waals surface area contributed by atoms with E-state index < -0.39 is 0 Å². The second-order valence-corrected chi connectivity index (χ2v) is 3.15. The molecule has 0 radical (unpaired) electrons. The Morgan fingerprint density at radius 2 is 2.22 bits per heavy atom. The third-order valence-corrected chi connectivity index (χ3v) is 2.12. The van der Waals surface area contributed by atoms with Crippen molar-refractivity contribution in [1.29, 1.82) is 0 Å². The van der Waals surface area contributed by atoms with Gasteiger partial charge in [-0.15, -0.1) is 0 Å². The minimum atomic E-state index is 0.717. The fraction of sp³-hybridized carbons (Fsp3) is 0.857. The Bertz CT molecular complexity index is 63.9. The van der Waals surface area contributed by atoms with Crippen LogP contribution < -0.4 is 0 Å². The summed E-state index contributed by atoms with van der Waals surface area (Å²) in [5.74, 6) is 2.22. The van der Waals surface area contributed by atoms with Crippen molar-refractivity contribution in [1.82, 2.24) is 0 Å². The van der Waals surface area contributed by atoms with Gasteiger partial charge in [-0.1, -0.05) is 13.3 Å². The van der Waals surface area contributed by atoms with Crippen molar-refractivity contribution in [3.63, 3.8) is 0 Å². The zero-order valence-electron chi connectivity index (χ0n) is 5.93. The number of rotatable bonds is 6. The largest absolute Gasteiger partial charge is 0.303 e. The highest BCUT2D eigenvalue weighted by Gasteiger charge is 1.85. The first-order valence-corrected chi connectivity index (χ1v) is 4.58. The molecule has 0 saturated carbocycles. The highest BCUT2D eigenvalue weighted by Crippen LogP contribution is 2.04. The predicted octanol–water partition coefficient (Wildman–Crippen LogP) is 2.11. The summed E-state index contributed by atoms with van der Waals surface area (Å²) in [6.45, 7) is 2.18.